The maximum atomic E-state index is 4.08. The Labute approximate surface area is 112 Å². The van der Waals surface area contributed by atoms with E-state index in [1.807, 2.05) is 22.9 Å². The smallest absolute Gasteiger partial charge is 0.0986 e. The first-order valence-electron chi connectivity index (χ1n) is 6.23. The molecule has 0 saturated carbocycles. The van der Waals surface area contributed by atoms with Crippen molar-refractivity contribution in [3.8, 4) is 0 Å². The molecule has 0 aliphatic rings. The lowest BCUT2D eigenvalue weighted by molar-refractivity contribution is 1.14. The van der Waals surface area contributed by atoms with E-state index in [1.54, 1.807) is 12.5 Å². The molecule has 0 saturated heterocycles. The quantitative estimate of drug-likeness (QED) is 0.684. The molecular formula is C17H14N2. The van der Waals surface area contributed by atoms with E-state index < -0.39 is 0 Å². The van der Waals surface area contributed by atoms with E-state index >= 15 is 0 Å². The Bertz CT molecular complexity index is 612. The number of hydrogen-bond donors (Lipinski definition) is 0. The highest BCUT2D eigenvalue weighted by molar-refractivity contribution is 5.87. The predicted molar refractivity (Wildman–Crippen MR) is 78.4 cm³/mol. The maximum absolute atomic E-state index is 4.08. The standard InChI is InChI=1S/C17H14N2/c1-3-7-15(8-4-1)17(13-19-12-11-18-14-19)16-9-5-2-6-10-16/h1-14H. The van der Waals surface area contributed by atoms with Gasteiger partial charge in [0.05, 0.1) is 6.33 Å². The van der Waals surface area contributed by atoms with Crippen LogP contribution in [0, 0.1) is 0 Å². The first kappa shape index (κ1) is 11.5. The van der Waals surface area contributed by atoms with Gasteiger partial charge in [-0.2, -0.15) is 0 Å². The van der Waals surface area contributed by atoms with Crippen LogP contribution in [0.4, 0.5) is 0 Å². The molecule has 0 amide bonds. The molecule has 92 valence electrons. The van der Waals surface area contributed by atoms with Crippen molar-refractivity contribution in [3.63, 3.8) is 0 Å². The van der Waals surface area contributed by atoms with Crippen LogP contribution in [-0.4, -0.2) is 9.55 Å². The summed E-state index contributed by atoms with van der Waals surface area (Å²) in [6, 6.07) is 20.8. The zero-order chi connectivity index (χ0) is 12.9. The van der Waals surface area contributed by atoms with Gasteiger partial charge in [-0.1, -0.05) is 60.7 Å². The molecule has 1 heterocycles. The molecular weight excluding hydrogens is 232 g/mol. The van der Waals surface area contributed by atoms with Gasteiger partial charge in [0, 0.05) is 24.2 Å². The largest absolute Gasteiger partial charge is 0.312 e. The Kier molecular flexibility index (Phi) is 3.24. The van der Waals surface area contributed by atoms with Crippen molar-refractivity contribution in [2.24, 2.45) is 0 Å². The second-order valence-corrected chi connectivity index (χ2v) is 4.28. The summed E-state index contributed by atoms with van der Waals surface area (Å²) in [5.41, 5.74) is 3.57. The molecule has 0 N–H and O–H groups in total. The Morgan fingerprint density at radius 2 is 1.42 bits per heavy atom. The van der Waals surface area contributed by atoms with E-state index in [9.17, 15) is 0 Å². The Hall–Kier alpha value is -2.61. The molecule has 1 aromatic heterocycles. The fourth-order valence-electron chi connectivity index (χ4n) is 2.05. The van der Waals surface area contributed by atoms with Crippen LogP contribution in [-0.2, 0) is 0 Å². The van der Waals surface area contributed by atoms with E-state index in [0.29, 0.717) is 0 Å². The molecule has 3 rings (SSSR count). The lowest BCUT2D eigenvalue weighted by atomic mass is 9.99. The minimum absolute atomic E-state index is 1.18. The molecule has 0 radical (unpaired) electrons. The number of hydrogen-bond acceptors (Lipinski definition) is 1. The Morgan fingerprint density at radius 3 is 1.89 bits per heavy atom. The number of nitrogens with zero attached hydrogens (tertiary/aromatic N) is 2. The SMILES string of the molecule is C(=C(c1ccccc1)c1ccccc1)n1ccnc1. The van der Waals surface area contributed by atoms with E-state index in [1.165, 1.54) is 16.7 Å². The van der Waals surface area contributed by atoms with Crippen molar-refractivity contribution in [2.75, 3.05) is 0 Å². The maximum Gasteiger partial charge on any atom is 0.0986 e. The molecule has 3 aromatic rings. The van der Waals surface area contributed by atoms with Gasteiger partial charge in [-0.25, -0.2) is 4.98 Å². The molecule has 2 heteroatoms. The summed E-state index contributed by atoms with van der Waals surface area (Å²) >= 11 is 0. The molecule has 0 aliphatic heterocycles. The van der Waals surface area contributed by atoms with Crippen molar-refractivity contribution in [1.82, 2.24) is 9.55 Å². The second-order valence-electron chi connectivity index (χ2n) is 4.28. The topological polar surface area (TPSA) is 17.8 Å². The van der Waals surface area contributed by atoms with Crippen LogP contribution in [0.2, 0.25) is 0 Å². The fourth-order valence-corrected chi connectivity index (χ4v) is 2.05. The third-order valence-electron chi connectivity index (χ3n) is 2.97. The highest BCUT2D eigenvalue weighted by atomic mass is 15.0. The third kappa shape index (κ3) is 2.63. The Morgan fingerprint density at radius 1 is 0.842 bits per heavy atom. The van der Waals surface area contributed by atoms with Crippen molar-refractivity contribution in [3.05, 3.63) is 90.5 Å². The third-order valence-corrected chi connectivity index (χ3v) is 2.97. The number of benzene rings is 2. The molecule has 0 bridgehead atoms. The van der Waals surface area contributed by atoms with Gasteiger partial charge in [-0.05, 0) is 11.1 Å². The fraction of sp³-hybridized carbons (Fsp3) is 0. The first-order valence-corrected chi connectivity index (χ1v) is 6.23. The van der Waals surface area contributed by atoms with Crippen molar-refractivity contribution in [1.29, 1.82) is 0 Å². The van der Waals surface area contributed by atoms with Gasteiger partial charge in [0.2, 0.25) is 0 Å². The van der Waals surface area contributed by atoms with Crippen LogP contribution < -0.4 is 0 Å². The van der Waals surface area contributed by atoms with Crippen molar-refractivity contribution in [2.45, 2.75) is 0 Å². The van der Waals surface area contributed by atoms with Crippen molar-refractivity contribution >= 4 is 11.8 Å². The van der Waals surface area contributed by atoms with Crippen LogP contribution in [0.5, 0.6) is 0 Å². The highest BCUT2D eigenvalue weighted by Gasteiger charge is 2.04. The molecule has 2 nitrogen and oxygen atoms in total. The van der Waals surface area contributed by atoms with Crippen LogP contribution >= 0.6 is 0 Å². The van der Waals surface area contributed by atoms with Gasteiger partial charge < -0.3 is 4.57 Å². The number of rotatable bonds is 3. The molecule has 2 aromatic carbocycles. The molecule has 0 unspecified atom stereocenters. The molecule has 0 fully saturated rings. The van der Waals surface area contributed by atoms with E-state index in [4.69, 9.17) is 0 Å². The predicted octanol–water partition coefficient (Wildman–Crippen LogP) is 3.93. The molecule has 0 aliphatic carbocycles. The summed E-state index contributed by atoms with van der Waals surface area (Å²) in [6.45, 7) is 0. The first-order chi connectivity index (χ1) is 9.43. The second kappa shape index (κ2) is 5.36. The van der Waals surface area contributed by atoms with Gasteiger partial charge in [0.1, 0.15) is 0 Å². The van der Waals surface area contributed by atoms with Crippen LogP contribution in [0.1, 0.15) is 11.1 Å². The van der Waals surface area contributed by atoms with Gasteiger partial charge >= 0.3 is 0 Å². The molecule has 0 atom stereocenters. The van der Waals surface area contributed by atoms with Crippen molar-refractivity contribution < 1.29 is 0 Å². The summed E-state index contributed by atoms with van der Waals surface area (Å²) in [5.74, 6) is 0. The van der Waals surface area contributed by atoms with Crippen LogP contribution in [0.25, 0.3) is 11.8 Å². The summed E-state index contributed by atoms with van der Waals surface area (Å²) in [4.78, 5) is 4.08. The van der Waals surface area contributed by atoms with Gasteiger partial charge in [-0.15, -0.1) is 0 Å². The minimum Gasteiger partial charge on any atom is -0.312 e. The number of imidazole rings is 1. The van der Waals surface area contributed by atoms with Crippen LogP contribution in [0.3, 0.4) is 0 Å². The van der Waals surface area contributed by atoms with E-state index in [2.05, 4.69) is 59.7 Å². The average Bonchev–Trinajstić information content (AvgIpc) is 3.00. The van der Waals surface area contributed by atoms with Gasteiger partial charge in [0.15, 0.2) is 0 Å². The van der Waals surface area contributed by atoms with E-state index in [0.717, 1.165) is 0 Å². The highest BCUT2D eigenvalue weighted by Crippen LogP contribution is 2.23. The summed E-state index contributed by atoms with van der Waals surface area (Å²) in [7, 11) is 0. The van der Waals surface area contributed by atoms with Crippen LogP contribution in [0.15, 0.2) is 79.4 Å². The lowest BCUT2D eigenvalue weighted by Crippen LogP contribution is -1.90. The summed E-state index contributed by atoms with van der Waals surface area (Å²) in [5, 5.41) is 0. The van der Waals surface area contributed by atoms with Gasteiger partial charge in [-0.3, -0.25) is 0 Å². The van der Waals surface area contributed by atoms with E-state index in [-0.39, 0.29) is 0 Å². The average molecular weight is 246 g/mol. The summed E-state index contributed by atoms with van der Waals surface area (Å²) < 4.78 is 1.97. The zero-order valence-corrected chi connectivity index (χ0v) is 10.5. The monoisotopic (exact) mass is 246 g/mol. The zero-order valence-electron chi connectivity index (χ0n) is 10.5. The normalized spacial score (nSPS) is 10.1. The Balaban J connectivity index is 2.12. The number of aromatic nitrogens is 2. The molecule has 19 heavy (non-hydrogen) atoms. The molecule has 0 spiro atoms. The minimum atomic E-state index is 1.18. The lowest BCUT2D eigenvalue weighted by Gasteiger charge is -2.08. The van der Waals surface area contributed by atoms with Gasteiger partial charge in [0.25, 0.3) is 0 Å². The summed E-state index contributed by atoms with van der Waals surface area (Å²) in [6.07, 6.45) is 7.61.